The van der Waals surface area contributed by atoms with Crippen LogP contribution in [0.5, 0.6) is 0 Å². The van der Waals surface area contributed by atoms with Crippen LogP contribution in [0.4, 0.5) is 0 Å². The summed E-state index contributed by atoms with van der Waals surface area (Å²) in [5, 5.41) is 7.63. The van der Waals surface area contributed by atoms with E-state index in [-0.39, 0.29) is 0 Å². The number of aryl methyl sites for hydroxylation is 1. The molecule has 1 unspecified atom stereocenters. The summed E-state index contributed by atoms with van der Waals surface area (Å²) in [4.78, 5) is 0. The number of hydrogen-bond donors (Lipinski definition) is 1. The lowest BCUT2D eigenvalue weighted by atomic mass is 10.1. The smallest absolute Gasteiger partial charge is 0.0657 e. The van der Waals surface area contributed by atoms with Crippen LogP contribution < -0.4 is 5.32 Å². The van der Waals surface area contributed by atoms with Gasteiger partial charge in [0.05, 0.1) is 11.4 Å². The third-order valence-electron chi connectivity index (χ3n) is 2.87. The maximum absolute atomic E-state index is 4.40. The third-order valence-corrected chi connectivity index (χ3v) is 3.56. The second kappa shape index (κ2) is 5.02. The summed E-state index contributed by atoms with van der Waals surface area (Å²) >= 11 is 3.61. The maximum atomic E-state index is 4.40. The molecule has 0 aliphatic rings. The van der Waals surface area contributed by atoms with Gasteiger partial charge in [-0.3, -0.25) is 0 Å². The molecule has 4 heteroatoms. The van der Waals surface area contributed by atoms with Crippen molar-refractivity contribution >= 4 is 15.9 Å². The molecule has 1 atom stereocenters. The standard InChI is InChI=1S/C13H16BrN3/c1-9-6-7-17(16-9)11-4-5-12(10(2)15-3)13(14)8-11/h4-8,10,15H,1-3H3. The Morgan fingerprint density at radius 1 is 1.35 bits per heavy atom. The second-order valence-electron chi connectivity index (χ2n) is 4.12. The summed E-state index contributed by atoms with van der Waals surface area (Å²) in [6.45, 7) is 4.13. The molecule has 1 aromatic heterocycles. The minimum absolute atomic E-state index is 0.331. The normalized spacial score (nSPS) is 12.7. The summed E-state index contributed by atoms with van der Waals surface area (Å²) in [5.41, 5.74) is 3.34. The monoisotopic (exact) mass is 293 g/mol. The predicted molar refractivity (Wildman–Crippen MR) is 73.5 cm³/mol. The first-order chi connectivity index (χ1) is 8.11. The van der Waals surface area contributed by atoms with Crippen molar-refractivity contribution in [3.8, 4) is 5.69 Å². The zero-order chi connectivity index (χ0) is 12.4. The fourth-order valence-electron chi connectivity index (χ4n) is 1.72. The maximum Gasteiger partial charge on any atom is 0.0657 e. The van der Waals surface area contributed by atoms with Crippen LogP contribution in [0.25, 0.3) is 5.69 Å². The summed E-state index contributed by atoms with van der Waals surface area (Å²) in [6.07, 6.45) is 1.97. The lowest BCUT2D eigenvalue weighted by Crippen LogP contribution is -2.13. The van der Waals surface area contributed by atoms with Crippen LogP contribution in [0.15, 0.2) is 34.9 Å². The first kappa shape index (κ1) is 12.3. The van der Waals surface area contributed by atoms with E-state index in [1.165, 1.54) is 5.56 Å². The van der Waals surface area contributed by atoms with Crippen LogP contribution in [-0.4, -0.2) is 16.8 Å². The van der Waals surface area contributed by atoms with Crippen LogP contribution in [0, 0.1) is 6.92 Å². The van der Waals surface area contributed by atoms with Gasteiger partial charge in [-0.15, -0.1) is 0 Å². The van der Waals surface area contributed by atoms with E-state index < -0.39 is 0 Å². The molecule has 2 aromatic rings. The lowest BCUT2D eigenvalue weighted by Gasteiger charge is -2.13. The zero-order valence-electron chi connectivity index (χ0n) is 10.2. The van der Waals surface area contributed by atoms with Crippen LogP contribution in [0.3, 0.4) is 0 Å². The van der Waals surface area contributed by atoms with E-state index >= 15 is 0 Å². The van der Waals surface area contributed by atoms with Gasteiger partial charge in [0.1, 0.15) is 0 Å². The number of nitrogens with zero attached hydrogens (tertiary/aromatic N) is 2. The van der Waals surface area contributed by atoms with Crippen molar-refractivity contribution in [3.63, 3.8) is 0 Å². The number of aromatic nitrogens is 2. The average molecular weight is 294 g/mol. The van der Waals surface area contributed by atoms with E-state index in [1.54, 1.807) is 0 Å². The van der Waals surface area contributed by atoms with Gasteiger partial charge in [-0.25, -0.2) is 4.68 Å². The first-order valence-electron chi connectivity index (χ1n) is 5.61. The fourth-order valence-corrected chi connectivity index (χ4v) is 2.43. The van der Waals surface area contributed by atoms with Gasteiger partial charge in [0.2, 0.25) is 0 Å². The van der Waals surface area contributed by atoms with Crippen molar-refractivity contribution in [1.29, 1.82) is 0 Å². The molecule has 0 saturated heterocycles. The predicted octanol–water partition coefficient (Wildman–Crippen LogP) is 3.22. The van der Waals surface area contributed by atoms with Gasteiger partial charge in [-0.05, 0) is 44.7 Å². The summed E-state index contributed by atoms with van der Waals surface area (Å²) < 4.78 is 2.98. The zero-order valence-corrected chi connectivity index (χ0v) is 11.8. The number of nitrogens with one attached hydrogen (secondary N) is 1. The lowest BCUT2D eigenvalue weighted by molar-refractivity contribution is 0.649. The molecule has 0 aliphatic carbocycles. The molecule has 0 fully saturated rings. The Kier molecular flexibility index (Phi) is 3.64. The van der Waals surface area contributed by atoms with E-state index in [0.29, 0.717) is 6.04 Å². The second-order valence-corrected chi connectivity index (χ2v) is 4.97. The highest BCUT2D eigenvalue weighted by atomic mass is 79.9. The molecular formula is C13H16BrN3. The van der Waals surface area contributed by atoms with E-state index in [1.807, 2.05) is 30.9 Å². The van der Waals surface area contributed by atoms with Crippen molar-refractivity contribution < 1.29 is 0 Å². The van der Waals surface area contributed by atoms with Crippen molar-refractivity contribution in [2.24, 2.45) is 0 Å². The number of rotatable bonds is 3. The highest BCUT2D eigenvalue weighted by Gasteiger charge is 2.08. The molecule has 17 heavy (non-hydrogen) atoms. The molecule has 0 aliphatic heterocycles. The Hall–Kier alpha value is -1.13. The molecule has 90 valence electrons. The average Bonchev–Trinajstić information content (AvgIpc) is 2.75. The van der Waals surface area contributed by atoms with Crippen LogP contribution in [-0.2, 0) is 0 Å². The molecule has 0 spiro atoms. The minimum atomic E-state index is 0.331. The Balaban J connectivity index is 2.37. The molecule has 0 radical (unpaired) electrons. The number of halogens is 1. The highest BCUT2D eigenvalue weighted by molar-refractivity contribution is 9.10. The van der Waals surface area contributed by atoms with Crippen LogP contribution in [0.2, 0.25) is 0 Å². The van der Waals surface area contributed by atoms with Gasteiger partial charge in [0.15, 0.2) is 0 Å². The Morgan fingerprint density at radius 3 is 2.65 bits per heavy atom. The van der Waals surface area contributed by atoms with Gasteiger partial charge < -0.3 is 5.32 Å². The van der Waals surface area contributed by atoms with Gasteiger partial charge in [-0.2, -0.15) is 5.10 Å². The third kappa shape index (κ3) is 2.58. The largest absolute Gasteiger partial charge is 0.313 e. The SMILES string of the molecule is CNC(C)c1ccc(-n2ccc(C)n2)cc1Br. The van der Waals surface area contributed by atoms with E-state index in [2.05, 4.69) is 51.5 Å². The van der Waals surface area contributed by atoms with Gasteiger partial charge in [0, 0.05) is 16.7 Å². The Morgan fingerprint density at radius 2 is 2.12 bits per heavy atom. The summed E-state index contributed by atoms with van der Waals surface area (Å²) in [6, 6.07) is 8.63. The summed E-state index contributed by atoms with van der Waals surface area (Å²) in [5.74, 6) is 0. The van der Waals surface area contributed by atoms with Gasteiger partial charge in [-0.1, -0.05) is 22.0 Å². The van der Waals surface area contributed by atoms with Crippen LogP contribution in [0.1, 0.15) is 24.2 Å². The molecule has 3 nitrogen and oxygen atoms in total. The minimum Gasteiger partial charge on any atom is -0.313 e. The fraction of sp³-hybridized carbons (Fsp3) is 0.308. The Labute approximate surface area is 110 Å². The number of benzene rings is 1. The molecule has 1 N–H and O–H groups in total. The highest BCUT2D eigenvalue weighted by Crippen LogP contribution is 2.25. The van der Waals surface area contributed by atoms with Gasteiger partial charge in [0.25, 0.3) is 0 Å². The topological polar surface area (TPSA) is 29.9 Å². The number of hydrogen-bond acceptors (Lipinski definition) is 2. The molecule has 2 rings (SSSR count). The van der Waals surface area contributed by atoms with E-state index in [4.69, 9.17) is 0 Å². The molecule has 1 aromatic carbocycles. The Bertz CT molecular complexity index is 519. The molecule has 0 bridgehead atoms. The molecule has 0 amide bonds. The van der Waals surface area contributed by atoms with Crippen LogP contribution >= 0.6 is 15.9 Å². The van der Waals surface area contributed by atoms with Crippen molar-refractivity contribution in [2.75, 3.05) is 7.05 Å². The molecule has 0 saturated carbocycles. The molecule has 1 heterocycles. The van der Waals surface area contributed by atoms with Crippen molar-refractivity contribution in [3.05, 3.63) is 46.2 Å². The van der Waals surface area contributed by atoms with E-state index in [0.717, 1.165) is 15.9 Å². The molecular weight excluding hydrogens is 278 g/mol. The van der Waals surface area contributed by atoms with Crippen molar-refractivity contribution in [1.82, 2.24) is 15.1 Å². The van der Waals surface area contributed by atoms with Gasteiger partial charge >= 0.3 is 0 Å². The van der Waals surface area contributed by atoms with E-state index in [9.17, 15) is 0 Å². The summed E-state index contributed by atoms with van der Waals surface area (Å²) in [7, 11) is 1.96. The van der Waals surface area contributed by atoms with Crippen molar-refractivity contribution in [2.45, 2.75) is 19.9 Å². The first-order valence-corrected chi connectivity index (χ1v) is 6.40. The quantitative estimate of drug-likeness (QED) is 0.942.